The number of aromatic amines is 1. The Morgan fingerprint density at radius 3 is 2.64 bits per heavy atom. The number of aliphatic hydroxyl groups is 1. The van der Waals surface area contributed by atoms with Crippen molar-refractivity contribution < 1.29 is 14.3 Å². The number of benzene rings is 2. The normalized spacial score (nSPS) is 16.4. The summed E-state index contributed by atoms with van der Waals surface area (Å²) < 4.78 is 10.7. The summed E-state index contributed by atoms with van der Waals surface area (Å²) in [4.78, 5) is 18.4. The molecule has 2 N–H and O–H groups in total. The molecule has 4 rings (SSSR count). The molecule has 7 nitrogen and oxygen atoms in total. The van der Waals surface area contributed by atoms with Crippen molar-refractivity contribution in [3.8, 4) is 5.75 Å². The zero-order valence-electron chi connectivity index (χ0n) is 15.9. The molecule has 0 saturated carbocycles. The first kappa shape index (κ1) is 18.6. The molecule has 1 aliphatic heterocycles. The van der Waals surface area contributed by atoms with E-state index in [4.69, 9.17) is 9.15 Å². The second kappa shape index (κ2) is 8.08. The highest BCUT2D eigenvalue weighted by atomic mass is 16.5. The molecule has 0 amide bonds. The van der Waals surface area contributed by atoms with E-state index in [1.54, 1.807) is 18.2 Å². The third-order valence-corrected chi connectivity index (χ3v) is 5.08. The van der Waals surface area contributed by atoms with Crippen LogP contribution in [0.2, 0.25) is 0 Å². The van der Waals surface area contributed by atoms with Crippen molar-refractivity contribution >= 4 is 16.8 Å². The number of nitrogens with one attached hydrogen (secondary N) is 1. The Morgan fingerprint density at radius 2 is 1.89 bits per heavy atom. The second-order valence-corrected chi connectivity index (χ2v) is 7.26. The third-order valence-electron chi connectivity index (χ3n) is 5.08. The number of nitrogens with zero attached hydrogens (tertiary/aromatic N) is 2. The number of rotatable bonds is 6. The number of aliphatic hydroxyl groups excluding tert-OH is 1. The monoisotopic (exact) mass is 383 g/mol. The zero-order chi connectivity index (χ0) is 19.5. The van der Waals surface area contributed by atoms with E-state index in [0.29, 0.717) is 23.4 Å². The maximum Gasteiger partial charge on any atom is 0.417 e. The molecule has 28 heavy (non-hydrogen) atoms. The van der Waals surface area contributed by atoms with Crippen LogP contribution in [0.3, 0.4) is 0 Å². The van der Waals surface area contributed by atoms with E-state index in [1.165, 1.54) is 11.3 Å². The molecule has 2 aromatic carbocycles. The van der Waals surface area contributed by atoms with Gasteiger partial charge in [-0.05, 0) is 31.2 Å². The lowest BCUT2D eigenvalue weighted by atomic mass is 10.2. The predicted molar refractivity (Wildman–Crippen MR) is 108 cm³/mol. The number of oxazole rings is 1. The maximum absolute atomic E-state index is 11.2. The molecule has 1 aromatic heterocycles. The minimum atomic E-state index is -0.583. The summed E-state index contributed by atoms with van der Waals surface area (Å²) in [6, 6.07) is 13.7. The van der Waals surface area contributed by atoms with Gasteiger partial charge >= 0.3 is 5.76 Å². The summed E-state index contributed by atoms with van der Waals surface area (Å²) in [6.45, 7) is 6.56. The number of anilines is 1. The Morgan fingerprint density at radius 1 is 1.14 bits per heavy atom. The van der Waals surface area contributed by atoms with Crippen LogP contribution in [0.15, 0.2) is 51.7 Å². The first-order chi connectivity index (χ1) is 13.6. The number of fused-ring (bicyclic) bond motifs is 1. The number of hydrogen-bond donors (Lipinski definition) is 2. The van der Waals surface area contributed by atoms with Gasteiger partial charge in [0.15, 0.2) is 5.58 Å². The summed E-state index contributed by atoms with van der Waals surface area (Å²) in [5.41, 5.74) is 3.60. The highest BCUT2D eigenvalue weighted by Gasteiger charge is 2.20. The predicted octanol–water partition coefficient (Wildman–Crippen LogP) is 1.99. The van der Waals surface area contributed by atoms with Crippen LogP contribution < -0.4 is 15.4 Å². The van der Waals surface area contributed by atoms with E-state index in [9.17, 15) is 9.90 Å². The highest BCUT2D eigenvalue weighted by Crippen LogP contribution is 2.19. The van der Waals surface area contributed by atoms with Gasteiger partial charge in [-0.15, -0.1) is 0 Å². The molecular weight excluding hydrogens is 358 g/mol. The van der Waals surface area contributed by atoms with Crippen LogP contribution in [0.4, 0.5) is 5.69 Å². The van der Waals surface area contributed by atoms with E-state index < -0.39 is 11.9 Å². The summed E-state index contributed by atoms with van der Waals surface area (Å²) in [5, 5.41) is 10.3. The van der Waals surface area contributed by atoms with Crippen molar-refractivity contribution in [3.63, 3.8) is 0 Å². The van der Waals surface area contributed by atoms with Gasteiger partial charge in [-0.2, -0.15) is 0 Å². The minimum absolute atomic E-state index is 0.193. The molecule has 0 bridgehead atoms. The van der Waals surface area contributed by atoms with Gasteiger partial charge in [-0.3, -0.25) is 9.88 Å². The fourth-order valence-electron chi connectivity index (χ4n) is 3.50. The molecule has 0 unspecified atom stereocenters. The first-order valence-corrected chi connectivity index (χ1v) is 9.54. The van der Waals surface area contributed by atoms with E-state index in [2.05, 4.69) is 46.0 Å². The molecule has 1 saturated heterocycles. The van der Waals surface area contributed by atoms with Crippen molar-refractivity contribution in [2.24, 2.45) is 0 Å². The van der Waals surface area contributed by atoms with Crippen LogP contribution >= 0.6 is 0 Å². The third kappa shape index (κ3) is 4.37. The van der Waals surface area contributed by atoms with Crippen LogP contribution in [0, 0.1) is 6.92 Å². The standard InChI is InChI=1S/C21H25N3O4/c1-15-2-4-16(5-3-15)24-10-8-23(9-11-24)13-17(25)14-27-18-6-7-19-20(12-18)28-21(26)22-19/h2-7,12,17,25H,8-11,13-14H2,1H3,(H,22,26)/t17-/m1/s1. The second-order valence-electron chi connectivity index (χ2n) is 7.26. The van der Waals surface area contributed by atoms with Crippen molar-refractivity contribution in [1.29, 1.82) is 0 Å². The lowest BCUT2D eigenvalue weighted by molar-refractivity contribution is 0.0663. The van der Waals surface area contributed by atoms with Crippen molar-refractivity contribution in [2.75, 3.05) is 44.2 Å². The van der Waals surface area contributed by atoms with Gasteiger partial charge in [0.1, 0.15) is 18.5 Å². The van der Waals surface area contributed by atoms with Crippen molar-refractivity contribution in [1.82, 2.24) is 9.88 Å². The topological polar surface area (TPSA) is 81.9 Å². The zero-order valence-corrected chi connectivity index (χ0v) is 15.9. The van der Waals surface area contributed by atoms with E-state index in [1.807, 2.05) is 0 Å². The van der Waals surface area contributed by atoms with Gasteiger partial charge in [0.2, 0.25) is 0 Å². The van der Waals surface area contributed by atoms with Crippen molar-refractivity contribution in [2.45, 2.75) is 13.0 Å². The molecule has 0 radical (unpaired) electrons. The number of hydrogen-bond acceptors (Lipinski definition) is 6. The average Bonchev–Trinajstić information content (AvgIpc) is 3.07. The first-order valence-electron chi connectivity index (χ1n) is 9.54. The number of ether oxygens (including phenoxy) is 1. The summed E-state index contributed by atoms with van der Waals surface area (Å²) >= 11 is 0. The molecule has 0 aliphatic carbocycles. The van der Waals surface area contributed by atoms with Crippen molar-refractivity contribution in [3.05, 3.63) is 58.6 Å². The molecule has 2 heterocycles. The molecular formula is C21H25N3O4. The van der Waals surface area contributed by atoms with E-state index in [-0.39, 0.29) is 6.61 Å². The lowest BCUT2D eigenvalue weighted by Gasteiger charge is -2.36. The van der Waals surface area contributed by atoms with Gasteiger partial charge in [-0.1, -0.05) is 17.7 Å². The average molecular weight is 383 g/mol. The lowest BCUT2D eigenvalue weighted by Crippen LogP contribution is -2.49. The fourth-order valence-corrected chi connectivity index (χ4v) is 3.50. The SMILES string of the molecule is Cc1ccc(N2CCN(C[C@@H](O)COc3ccc4[nH]c(=O)oc4c3)CC2)cc1. The van der Waals surface area contributed by atoms with Crippen LogP contribution in [-0.4, -0.2) is 60.4 Å². The Kier molecular flexibility index (Phi) is 5.36. The van der Waals surface area contributed by atoms with Crippen LogP contribution in [0.5, 0.6) is 5.75 Å². The number of H-pyrrole nitrogens is 1. The minimum Gasteiger partial charge on any atom is -0.491 e. The van der Waals surface area contributed by atoms with Gasteiger partial charge < -0.3 is 19.2 Å². The molecule has 1 fully saturated rings. The van der Waals surface area contributed by atoms with Crippen LogP contribution in [-0.2, 0) is 0 Å². The van der Waals surface area contributed by atoms with Crippen LogP contribution in [0.1, 0.15) is 5.56 Å². The number of aromatic nitrogens is 1. The summed E-state index contributed by atoms with van der Waals surface area (Å²) in [6.07, 6.45) is -0.583. The Hall–Kier alpha value is -2.77. The molecule has 1 aliphatic rings. The molecule has 1 atom stereocenters. The summed E-state index contributed by atoms with van der Waals surface area (Å²) in [5.74, 6) is 0.0791. The maximum atomic E-state index is 11.2. The molecule has 148 valence electrons. The quantitative estimate of drug-likeness (QED) is 0.678. The Labute approximate surface area is 163 Å². The highest BCUT2D eigenvalue weighted by molar-refractivity contribution is 5.73. The van der Waals surface area contributed by atoms with E-state index in [0.717, 1.165) is 26.2 Å². The number of aryl methyl sites for hydroxylation is 1. The number of piperazine rings is 1. The largest absolute Gasteiger partial charge is 0.491 e. The summed E-state index contributed by atoms with van der Waals surface area (Å²) in [7, 11) is 0. The van der Waals surface area contributed by atoms with Gasteiger partial charge in [0.05, 0.1) is 5.52 Å². The van der Waals surface area contributed by atoms with Gasteiger partial charge in [0.25, 0.3) is 0 Å². The smallest absolute Gasteiger partial charge is 0.417 e. The number of β-amino-alcohol motifs (C(OH)–C–C–N with tert-alkyl or cyclic N) is 1. The molecule has 0 spiro atoms. The van der Waals surface area contributed by atoms with Crippen LogP contribution in [0.25, 0.3) is 11.1 Å². The van der Waals surface area contributed by atoms with E-state index >= 15 is 0 Å². The Bertz CT molecular complexity index is 971. The molecule has 7 heteroatoms. The Balaban J connectivity index is 1.24. The molecule has 3 aromatic rings. The van der Waals surface area contributed by atoms with Gasteiger partial charge in [0, 0.05) is 44.5 Å². The fraction of sp³-hybridized carbons (Fsp3) is 0.381. The van der Waals surface area contributed by atoms with Gasteiger partial charge in [-0.25, -0.2) is 4.79 Å².